The third kappa shape index (κ3) is 1.81. The van der Waals surface area contributed by atoms with E-state index in [1.54, 1.807) is 12.1 Å². The Morgan fingerprint density at radius 3 is 2.06 bits per heavy atom. The van der Waals surface area contributed by atoms with Crippen molar-refractivity contribution in [1.82, 2.24) is 0 Å². The highest BCUT2D eigenvalue weighted by Crippen LogP contribution is 2.44. The van der Waals surface area contributed by atoms with Gasteiger partial charge in [0.2, 0.25) is 11.5 Å². The number of nitriles is 2. The summed E-state index contributed by atoms with van der Waals surface area (Å²) in [6, 6.07) is 4.00. The molecule has 0 aromatic heterocycles. The largest absolute Gasteiger partial charge is 0.504 e. The van der Waals surface area contributed by atoms with Crippen LogP contribution >= 0.6 is 0 Å². The molecule has 0 aliphatic rings. The quantitative estimate of drug-likeness (QED) is 0.315. The van der Waals surface area contributed by atoms with E-state index in [1.807, 2.05) is 0 Å². The van der Waals surface area contributed by atoms with Crippen molar-refractivity contribution in [2.24, 2.45) is 0 Å². The Kier molecular flexibility index (Phi) is 2.88. The SMILES string of the molecule is N#CC(C#N)=Cc1cc(O)c(O)c(O)c1O. The van der Waals surface area contributed by atoms with E-state index < -0.39 is 23.0 Å². The molecule has 1 rings (SSSR count). The second-order valence-electron chi connectivity index (χ2n) is 2.81. The van der Waals surface area contributed by atoms with Crippen molar-refractivity contribution in [1.29, 1.82) is 10.5 Å². The lowest BCUT2D eigenvalue weighted by atomic mass is 10.1. The maximum absolute atomic E-state index is 9.36. The number of hydrogen-bond acceptors (Lipinski definition) is 6. The molecule has 80 valence electrons. The molecule has 0 heterocycles. The fourth-order valence-electron chi connectivity index (χ4n) is 1.01. The van der Waals surface area contributed by atoms with Gasteiger partial charge in [-0.2, -0.15) is 10.5 Å². The van der Waals surface area contributed by atoms with Crippen LogP contribution in [0.15, 0.2) is 11.6 Å². The molecule has 0 saturated carbocycles. The first-order chi connectivity index (χ1) is 7.51. The number of hydrogen-bond donors (Lipinski definition) is 4. The molecule has 1 aromatic carbocycles. The lowest BCUT2D eigenvalue weighted by molar-refractivity contribution is 0.345. The zero-order valence-electron chi connectivity index (χ0n) is 7.84. The summed E-state index contributed by atoms with van der Waals surface area (Å²) in [6.45, 7) is 0. The summed E-state index contributed by atoms with van der Waals surface area (Å²) in [6.07, 6.45) is 0.966. The standard InChI is InChI=1S/C10H6N2O4/c11-3-5(4-12)1-6-2-7(13)9(15)10(16)8(6)14/h1-2,13-16H. The third-order valence-corrected chi connectivity index (χ3v) is 1.80. The van der Waals surface area contributed by atoms with Gasteiger partial charge in [-0.3, -0.25) is 0 Å². The second-order valence-corrected chi connectivity index (χ2v) is 2.81. The van der Waals surface area contributed by atoms with Crippen LogP contribution in [0, 0.1) is 22.7 Å². The second kappa shape index (κ2) is 4.11. The first kappa shape index (κ1) is 11.2. The molecule has 16 heavy (non-hydrogen) atoms. The van der Waals surface area contributed by atoms with Crippen LogP contribution in [0.3, 0.4) is 0 Å². The highest BCUT2D eigenvalue weighted by atomic mass is 16.3. The average Bonchev–Trinajstić information content (AvgIpc) is 2.29. The number of phenols is 4. The smallest absolute Gasteiger partial charge is 0.204 e. The monoisotopic (exact) mass is 218 g/mol. The first-order valence-corrected chi connectivity index (χ1v) is 4.00. The number of nitrogens with zero attached hydrogens (tertiary/aromatic N) is 2. The van der Waals surface area contributed by atoms with Crippen molar-refractivity contribution in [3.63, 3.8) is 0 Å². The van der Waals surface area contributed by atoms with Crippen LogP contribution in [0.25, 0.3) is 6.08 Å². The van der Waals surface area contributed by atoms with Crippen LogP contribution in [0.1, 0.15) is 5.56 Å². The van der Waals surface area contributed by atoms with E-state index in [1.165, 1.54) is 0 Å². The van der Waals surface area contributed by atoms with Crippen molar-refractivity contribution in [3.05, 3.63) is 17.2 Å². The van der Waals surface area contributed by atoms with Crippen molar-refractivity contribution in [2.45, 2.75) is 0 Å². The van der Waals surface area contributed by atoms with Gasteiger partial charge in [0, 0.05) is 5.56 Å². The summed E-state index contributed by atoms with van der Waals surface area (Å²) < 4.78 is 0. The molecule has 0 bridgehead atoms. The number of aromatic hydroxyl groups is 4. The maximum atomic E-state index is 9.36. The van der Waals surface area contributed by atoms with Crippen molar-refractivity contribution in [3.8, 4) is 35.1 Å². The molecule has 0 aliphatic heterocycles. The highest BCUT2D eigenvalue weighted by molar-refractivity contribution is 5.73. The third-order valence-electron chi connectivity index (χ3n) is 1.80. The predicted molar refractivity (Wildman–Crippen MR) is 52.3 cm³/mol. The van der Waals surface area contributed by atoms with Gasteiger partial charge in [0.15, 0.2) is 11.5 Å². The molecule has 1 aromatic rings. The molecular formula is C10H6N2O4. The lowest BCUT2D eigenvalue weighted by Crippen LogP contribution is -1.81. The Labute approximate surface area is 90.2 Å². The molecule has 0 spiro atoms. The highest BCUT2D eigenvalue weighted by Gasteiger charge is 2.15. The van der Waals surface area contributed by atoms with E-state index in [2.05, 4.69) is 0 Å². The van der Waals surface area contributed by atoms with E-state index in [0.717, 1.165) is 12.1 Å². The van der Waals surface area contributed by atoms with Crippen molar-refractivity contribution < 1.29 is 20.4 Å². The Balaban J connectivity index is 3.45. The predicted octanol–water partition coefficient (Wildman–Crippen LogP) is 0.940. The molecule has 0 fully saturated rings. The Morgan fingerprint density at radius 2 is 1.56 bits per heavy atom. The molecule has 0 atom stereocenters. The van der Waals surface area contributed by atoms with Crippen LogP contribution < -0.4 is 0 Å². The Morgan fingerprint density at radius 1 is 1.00 bits per heavy atom. The van der Waals surface area contributed by atoms with Gasteiger partial charge in [-0.1, -0.05) is 0 Å². The Bertz CT molecular complexity index is 533. The minimum Gasteiger partial charge on any atom is -0.504 e. The molecule has 6 nitrogen and oxygen atoms in total. The van der Waals surface area contributed by atoms with E-state index in [9.17, 15) is 10.2 Å². The van der Waals surface area contributed by atoms with Crippen LogP contribution in [0.5, 0.6) is 23.0 Å². The molecule has 0 amide bonds. The maximum Gasteiger partial charge on any atom is 0.204 e. The van der Waals surface area contributed by atoms with E-state index in [0.29, 0.717) is 0 Å². The minimum absolute atomic E-state index is 0.147. The zero-order valence-corrected chi connectivity index (χ0v) is 7.84. The molecule has 0 aliphatic carbocycles. The first-order valence-electron chi connectivity index (χ1n) is 4.00. The minimum atomic E-state index is -0.915. The molecular weight excluding hydrogens is 212 g/mol. The van der Waals surface area contributed by atoms with Crippen LogP contribution in [0.4, 0.5) is 0 Å². The van der Waals surface area contributed by atoms with E-state index in [-0.39, 0.29) is 11.1 Å². The fourth-order valence-corrected chi connectivity index (χ4v) is 1.01. The zero-order chi connectivity index (χ0) is 12.3. The topological polar surface area (TPSA) is 128 Å². The van der Waals surface area contributed by atoms with E-state index in [4.69, 9.17) is 20.7 Å². The van der Waals surface area contributed by atoms with Gasteiger partial charge in [0.25, 0.3) is 0 Å². The average molecular weight is 218 g/mol. The van der Waals surface area contributed by atoms with Gasteiger partial charge in [-0.05, 0) is 12.1 Å². The number of allylic oxidation sites excluding steroid dienone is 1. The number of rotatable bonds is 1. The summed E-state index contributed by atoms with van der Waals surface area (Å²) in [5.41, 5.74) is -0.467. The summed E-state index contributed by atoms with van der Waals surface area (Å²) in [7, 11) is 0. The van der Waals surface area contributed by atoms with E-state index >= 15 is 0 Å². The van der Waals surface area contributed by atoms with Gasteiger partial charge in [0.1, 0.15) is 17.7 Å². The van der Waals surface area contributed by atoms with Crippen LogP contribution in [-0.2, 0) is 0 Å². The summed E-state index contributed by atoms with van der Waals surface area (Å²) in [5, 5.41) is 53.7. The van der Waals surface area contributed by atoms with Gasteiger partial charge >= 0.3 is 0 Å². The molecule has 4 N–H and O–H groups in total. The fraction of sp³-hybridized carbons (Fsp3) is 0. The normalized spacial score (nSPS) is 8.88. The van der Waals surface area contributed by atoms with Crippen LogP contribution in [0.2, 0.25) is 0 Å². The molecule has 6 heteroatoms. The number of benzene rings is 1. The van der Waals surface area contributed by atoms with Crippen LogP contribution in [-0.4, -0.2) is 20.4 Å². The molecule has 0 saturated heterocycles. The van der Waals surface area contributed by atoms with Gasteiger partial charge in [-0.25, -0.2) is 0 Å². The van der Waals surface area contributed by atoms with Crippen molar-refractivity contribution in [2.75, 3.05) is 0 Å². The number of phenolic OH excluding ortho intramolecular Hbond substituents is 4. The Hall–Kier alpha value is -2.86. The summed E-state index contributed by atoms with van der Waals surface area (Å²) in [5.74, 6) is -3.18. The molecule has 0 radical (unpaired) electrons. The van der Waals surface area contributed by atoms with Gasteiger partial charge < -0.3 is 20.4 Å². The van der Waals surface area contributed by atoms with Gasteiger partial charge in [0.05, 0.1) is 0 Å². The van der Waals surface area contributed by atoms with Crippen molar-refractivity contribution >= 4 is 6.08 Å². The lowest BCUT2D eigenvalue weighted by Gasteiger charge is -2.05. The summed E-state index contributed by atoms with van der Waals surface area (Å²) in [4.78, 5) is 0. The molecule has 0 unspecified atom stereocenters. The summed E-state index contributed by atoms with van der Waals surface area (Å²) >= 11 is 0. The van der Waals surface area contributed by atoms with Gasteiger partial charge in [-0.15, -0.1) is 0 Å².